The van der Waals surface area contributed by atoms with Crippen LogP contribution in [0.25, 0.3) is 0 Å². The summed E-state index contributed by atoms with van der Waals surface area (Å²) in [5.41, 5.74) is 3.35. The van der Waals surface area contributed by atoms with Gasteiger partial charge in [-0.2, -0.15) is 0 Å². The van der Waals surface area contributed by atoms with Gasteiger partial charge in [0.25, 0.3) is 0 Å². The van der Waals surface area contributed by atoms with E-state index >= 15 is 0 Å². The fraction of sp³-hybridized carbons (Fsp3) is 0.429. The lowest BCUT2D eigenvalue weighted by Gasteiger charge is -2.42. The van der Waals surface area contributed by atoms with E-state index in [1.165, 1.54) is 0 Å². The van der Waals surface area contributed by atoms with Crippen LogP contribution in [0, 0.1) is 10.8 Å². The average molecular weight is 575 g/mol. The van der Waals surface area contributed by atoms with Crippen LogP contribution in [-0.2, 0) is 27.4 Å². The summed E-state index contributed by atoms with van der Waals surface area (Å²) in [6.07, 6.45) is 4.45. The van der Waals surface area contributed by atoms with Gasteiger partial charge in [0.15, 0.2) is 23.1 Å². The third-order valence-corrected chi connectivity index (χ3v) is 8.43. The Morgan fingerprint density at radius 2 is 1.54 bits per heavy atom. The zero-order valence-corrected chi connectivity index (χ0v) is 25.5. The number of hydrogen-bond acceptors (Lipinski definition) is 5. The quantitative estimate of drug-likeness (QED) is 0.296. The summed E-state index contributed by atoms with van der Waals surface area (Å²) in [6.45, 7) is 15.0. The van der Waals surface area contributed by atoms with Gasteiger partial charge in [0, 0.05) is 58.9 Å². The molecular weight excluding hydrogens is 536 g/mol. The third kappa shape index (κ3) is 5.88. The van der Waals surface area contributed by atoms with Crippen molar-refractivity contribution in [2.24, 2.45) is 10.8 Å². The van der Waals surface area contributed by atoms with E-state index in [4.69, 9.17) is 25.8 Å². The van der Waals surface area contributed by atoms with Gasteiger partial charge in [0.05, 0.1) is 6.61 Å². The van der Waals surface area contributed by atoms with Crippen molar-refractivity contribution in [3.05, 3.63) is 93.4 Å². The Kier molecular flexibility index (Phi) is 7.95. The Bertz CT molecular complexity index is 1420. The standard InChI is InChI=1S/C35H39ClO5/c1-7-11-21-14-23(15-27(39-8-2)33(21)40-20-22-12-9-10-13-24(22)36)30-31-25(37)16-34(3,4)18-28(31)41-29-19-35(5,6)17-26(38)32(29)30/h7,9-10,12-15,30H,1,8,11,16-20H2,2-6H3. The number of halogens is 1. The number of allylic oxidation sites excluding steroid dienone is 5. The Morgan fingerprint density at radius 3 is 2.10 bits per heavy atom. The van der Waals surface area contributed by atoms with E-state index in [0.29, 0.717) is 77.9 Å². The number of hydrogen-bond donors (Lipinski definition) is 0. The lowest BCUT2D eigenvalue weighted by Crippen LogP contribution is -2.37. The second-order valence-corrected chi connectivity index (χ2v) is 13.3. The predicted molar refractivity (Wildman–Crippen MR) is 161 cm³/mol. The molecule has 0 saturated carbocycles. The average Bonchev–Trinajstić information content (AvgIpc) is 2.86. The van der Waals surface area contributed by atoms with E-state index < -0.39 is 5.92 Å². The minimum absolute atomic E-state index is 0.0349. The molecule has 0 amide bonds. The largest absolute Gasteiger partial charge is 0.490 e. The van der Waals surface area contributed by atoms with Crippen molar-refractivity contribution in [1.82, 2.24) is 0 Å². The lowest BCUT2D eigenvalue weighted by molar-refractivity contribution is -0.120. The summed E-state index contributed by atoms with van der Waals surface area (Å²) in [4.78, 5) is 27.5. The molecule has 0 spiro atoms. The van der Waals surface area contributed by atoms with Crippen LogP contribution in [-0.4, -0.2) is 18.2 Å². The molecule has 5 nitrogen and oxygen atoms in total. The Labute approximate surface area is 248 Å². The molecule has 0 atom stereocenters. The summed E-state index contributed by atoms with van der Waals surface area (Å²) in [6, 6.07) is 11.6. The highest BCUT2D eigenvalue weighted by molar-refractivity contribution is 6.31. The Balaban J connectivity index is 1.67. The molecule has 0 fully saturated rings. The fourth-order valence-electron chi connectivity index (χ4n) is 6.36. The maximum absolute atomic E-state index is 13.8. The minimum atomic E-state index is -0.513. The molecule has 0 N–H and O–H groups in total. The fourth-order valence-corrected chi connectivity index (χ4v) is 6.55. The van der Waals surface area contributed by atoms with Crippen molar-refractivity contribution >= 4 is 23.2 Å². The van der Waals surface area contributed by atoms with Gasteiger partial charge in [-0.1, -0.05) is 69.6 Å². The van der Waals surface area contributed by atoms with E-state index in [0.717, 1.165) is 16.7 Å². The van der Waals surface area contributed by atoms with Crippen molar-refractivity contribution in [2.75, 3.05) is 6.61 Å². The monoisotopic (exact) mass is 574 g/mol. The molecule has 216 valence electrons. The molecule has 6 heteroatoms. The van der Waals surface area contributed by atoms with E-state index in [-0.39, 0.29) is 29.0 Å². The van der Waals surface area contributed by atoms with Crippen LogP contribution in [0.4, 0.5) is 0 Å². The van der Waals surface area contributed by atoms with Gasteiger partial charge in [-0.25, -0.2) is 0 Å². The van der Waals surface area contributed by atoms with Gasteiger partial charge < -0.3 is 14.2 Å². The molecular formula is C35H39ClO5. The first-order chi connectivity index (χ1) is 19.4. The molecule has 5 rings (SSSR count). The first kappa shape index (κ1) is 29.2. The zero-order valence-electron chi connectivity index (χ0n) is 24.7. The van der Waals surface area contributed by atoms with Gasteiger partial charge in [0.2, 0.25) is 0 Å². The van der Waals surface area contributed by atoms with Crippen LogP contribution in [0.2, 0.25) is 5.02 Å². The third-order valence-electron chi connectivity index (χ3n) is 8.06. The number of Topliss-reactive ketones (excluding diaryl/α,β-unsaturated/α-hetero) is 2. The highest BCUT2D eigenvalue weighted by atomic mass is 35.5. The summed E-state index contributed by atoms with van der Waals surface area (Å²) < 4.78 is 19.0. The first-order valence-electron chi connectivity index (χ1n) is 14.4. The van der Waals surface area contributed by atoms with Crippen LogP contribution in [0.1, 0.15) is 82.9 Å². The molecule has 0 saturated heterocycles. The molecule has 0 unspecified atom stereocenters. The smallest absolute Gasteiger partial charge is 0.165 e. The molecule has 41 heavy (non-hydrogen) atoms. The van der Waals surface area contributed by atoms with Crippen molar-refractivity contribution < 1.29 is 23.8 Å². The topological polar surface area (TPSA) is 61.8 Å². The molecule has 0 bridgehead atoms. The summed E-state index contributed by atoms with van der Waals surface area (Å²) in [7, 11) is 0. The normalized spacial score (nSPS) is 19.9. The van der Waals surface area contributed by atoms with Crippen LogP contribution < -0.4 is 9.47 Å². The van der Waals surface area contributed by atoms with E-state index in [9.17, 15) is 9.59 Å². The number of carbonyl (C=O) groups is 2. The second-order valence-electron chi connectivity index (χ2n) is 12.9. The number of benzene rings is 2. The minimum Gasteiger partial charge on any atom is -0.490 e. The van der Waals surface area contributed by atoms with Crippen LogP contribution in [0.15, 0.2) is 71.7 Å². The number of rotatable bonds is 8. The summed E-state index contributed by atoms with van der Waals surface area (Å²) in [5.74, 6) is 2.13. The zero-order chi connectivity index (χ0) is 29.5. The van der Waals surface area contributed by atoms with Gasteiger partial charge in [-0.3, -0.25) is 9.59 Å². The Hall–Kier alpha value is -3.31. The van der Waals surface area contributed by atoms with Crippen LogP contribution in [0.3, 0.4) is 0 Å². The molecule has 0 radical (unpaired) electrons. The Morgan fingerprint density at radius 1 is 0.927 bits per heavy atom. The molecule has 1 aliphatic heterocycles. The molecule has 2 aliphatic carbocycles. The highest BCUT2D eigenvalue weighted by Gasteiger charge is 2.48. The second kappa shape index (κ2) is 11.2. The van der Waals surface area contributed by atoms with E-state index in [1.807, 2.05) is 49.4 Å². The number of carbonyl (C=O) groups excluding carboxylic acids is 2. The molecule has 3 aliphatic rings. The van der Waals surface area contributed by atoms with Crippen LogP contribution >= 0.6 is 11.6 Å². The summed E-state index contributed by atoms with van der Waals surface area (Å²) in [5, 5.41) is 0.631. The van der Waals surface area contributed by atoms with Crippen molar-refractivity contribution in [3.63, 3.8) is 0 Å². The van der Waals surface area contributed by atoms with E-state index in [1.54, 1.807) is 0 Å². The van der Waals surface area contributed by atoms with Crippen molar-refractivity contribution in [3.8, 4) is 11.5 Å². The van der Waals surface area contributed by atoms with Gasteiger partial charge in [0.1, 0.15) is 18.1 Å². The van der Waals surface area contributed by atoms with Gasteiger partial charge in [-0.05, 0) is 41.9 Å². The molecule has 1 heterocycles. The predicted octanol–water partition coefficient (Wildman–Crippen LogP) is 8.45. The number of ether oxygens (including phenoxy) is 3. The molecule has 2 aromatic rings. The number of ketones is 2. The maximum Gasteiger partial charge on any atom is 0.165 e. The summed E-state index contributed by atoms with van der Waals surface area (Å²) >= 11 is 6.40. The molecule has 2 aromatic carbocycles. The SMILES string of the molecule is C=CCc1cc(C2C3=C(CC(C)(C)CC3=O)OC3=C2C(=O)CC(C)(C)C3)cc(OCC)c1OCc1ccccc1Cl. The van der Waals surface area contributed by atoms with E-state index in [2.05, 4.69) is 34.3 Å². The van der Waals surface area contributed by atoms with Crippen LogP contribution in [0.5, 0.6) is 11.5 Å². The maximum atomic E-state index is 13.8. The lowest BCUT2D eigenvalue weighted by atomic mass is 9.65. The highest BCUT2D eigenvalue weighted by Crippen LogP contribution is 2.54. The van der Waals surface area contributed by atoms with Crippen molar-refractivity contribution in [1.29, 1.82) is 0 Å². The van der Waals surface area contributed by atoms with Gasteiger partial charge >= 0.3 is 0 Å². The van der Waals surface area contributed by atoms with Gasteiger partial charge in [-0.15, -0.1) is 6.58 Å². The van der Waals surface area contributed by atoms with Crippen molar-refractivity contribution in [2.45, 2.75) is 79.2 Å². The molecule has 0 aromatic heterocycles. The first-order valence-corrected chi connectivity index (χ1v) is 14.8.